The molecule has 3 N–H and O–H groups in total. The van der Waals surface area contributed by atoms with Gasteiger partial charge in [-0.1, -0.05) is 48.5 Å². The van der Waals surface area contributed by atoms with Crippen LogP contribution in [0.15, 0.2) is 94.3 Å². The summed E-state index contributed by atoms with van der Waals surface area (Å²) in [5.74, 6) is -0.767. The van der Waals surface area contributed by atoms with E-state index in [1.165, 1.54) is 19.4 Å². The van der Waals surface area contributed by atoms with E-state index in [2.05, 4.69) is 20.4 Å². The van der Waals surface area contributed by atoms with Crippen LogP contribution in [0.3, 0.4) is 0 Å². The average molecular weight is 522 g/mol. The van der Waals surface area contributed by atoms with E-state index in [0.29, 0.717) is 28.2 Å². The fraction of sp³-hybridized carbons (Fsp3) is 0.103. The van der Waals surface area contributed by atoms with Crippen LogP contribution in [0.4, 0.5) is 0 Å². The first-order valence-corrected chi connectivity index (χ1v) is 12.2. The quantitative estimate of drug-likeness (QED) is 0.272. The summed E-state index contributed by atoms with van der Waals surface area (Å²) in [6, 6.07) is 22.7. The lowest BCUT2D eigenvalue weighted by atomic mass is 10.0. The van der Waals surface area contributed by atoms with E-state index in [4.69, 9.17) is 9.15 Å². The molecular formula is C29H23N5O5. The Morgan fingerprint density at radius 3 is 2.56 bits per heavy atom. The van der Waals surface area contributed by atoms with Gasteiger partial charge in [0.2, 0.25) is 0 Å². The van der Waals surface area contributed by atoms with Crippen molar-refractivity contribution in [3.05, 3.63) is 107 Å². The molecule has 0 bridgehead atoms. The molecule has 4 heterocycles. The van der Waals surface area contributed by atoms with Crippen LogP contribution in [0.25, 0.3) is 39.1 Å². The summed E-state index contributed by atoms with van der Waals surface area (Å²) in [7, 11) is 1.26. The molecule has 2 aromatic carbocycles. The van der Waals surface area contributed by atoms with Crippen molar-refractivity contribution in [2.75, 3.05) is 7.11 Å². The van der Waals surface area contributed by atoms with E-state index in [0.717, 1.165) is 21.1 Å². The molecule has 0 spiro atoms. The number of H-pyrrole nitrogens is 2. The number of para-hydroxylation sites is 1. The second-order valence-electron chi connectivity index (χ2n) is 8.99. The highest BCUT2D eigenvalue weighted by Gasteiger charge is 2.26. The Balaban J connectivity index is 1.36. The molecule has 10 nitrogen and oxygen atoms in total. The zero-order valence-electron chi connectivity index (χ0n) is 20.8. The van der Waals surface area contributed by atoms with E-state index in [9.17, 15) is 14.4 Å². The van der Waals surface area contributed by atoms with Gasteiger partial charge in [-0.05, 0) is 35.2 Å². The van der Waals surface area contributed by atoms with Crippen molar-refractivity contribution < 1.29 is 18.7 Å². The molecule has 39 heavy (non-hydrogen) atoms. The second-order valence-corrected chi connectivity index (χ2v) is 8.99. The van der Waals surface area contributed by atoms with Crippen molar-refractivity contribution in [3.8, 4) is 22.6 Å². The predicted octanol–water partition coefficient (Wildman–Crippen LogP) is 3.95. The van der Waals surface area contributed by atoms with Gasteiger partial charge in [0.1, 0.15) is 11.7 Å². The van der Waals surface area contributed by atoms with Crippen LogP contribution in [-0.4, -0.2) is 44.6 Å². The zero-order valence-corrected chi connectivity index (χ0v) is 20.8. The number of esters is 1. The molecule has 1 unspecified atom stereocenters. The van der Waals surface area contributed by atoms with Crippen LogP contribution in [0.1, 0.15) is 16.2 Å². The minimum atomic E-state index is -0.977. The largest absolute Gasteiger partial charge is 0.467 e. The summed E-state index contributed by atoms with van der Waals surface area (Å²) >= 11 is 0. The SMILES string of the molecule is COC(=O)C(Cc1cc2ccccc2[nH]1)NC(=O)c1cc2[nH]c(-c3ccco3)c(-c3ccccc3)c(=O)n2n1. The van der Waals surface area contributed by atoms with E-state index < -0.39 is 23.5 Å². The topological polar surface area (TPSA) is 134 Å². The molecule has 1 atom stereocenters. The van der Waals surface area contributed by atoms with Crippen molar-refractivity contribution >= 4 is 28.4 Å². The van der Waals surface area contributed by atoms with Gasteiger partial charge in [0, 0.05) is 23.7 Å². The number of nitrogens with one attached hydrogen (secondary N) is 3. The lowest BCUT2D eigenvalue weighted by Crippen LogP contribution is -2.43. The minimum Gasteiger partial charge on any atom is -0.467 e. The maximum atomic E-state index is 13.6. The number of methoxy groups -OCH3 is 1. The van der Waals surface area contributed by atoms with Crippen LogP contribution >= 0.6 is 0 Å². The average Bonchev–Trinajstić information content (AvgIpc) is 3.72. The molecule has 10 heteroatoms. The fourth-order valence-corrected chi connectivity index (χ4v) is 4.65. The van der Waals surface area contributed by atoms with Crippen LogP contribution in [0.2, 0.25) is 0 Å². The van der Waals surface area contributed by atoms with Gasteiger partial charge in [0.05, 0.1) is 24.6 Å². The third-order valence-corrected chi connectivity index (χ3v) is 6.48. The highest BCUT2D eigenvalue weighted by molar-refractivity contribution is 5.96. The Hall–Kier alpha value is -5.38. The fourth-order valence-electron chi connectivity index (χ4n) is 4.65. The van der Waals surface area contributed by atoms with Crippen LogP contribution in [0, 0.1) is 0 Å². The Labute approximate surface area is 221 Å². The lowest BCUT2D eigenvalue weighted by Gasteiger charge is -2.15. The van der Waals surface area contributed by atoms with E-state index >= 15 is 0 Å². The molecule has 6 aromatic rings. The number of aromatic amines is 2. The molecule has 6 rings (SSSR count). The number of carbonyl (C=O) groups excluding carboxylic acids is 2. The van der Waals surface area contributed by atoms with Gasteiger partial charge in [-0.2, -0.15) is 9.61 Å². The van der Waals surface area contributed by atoms with Gasteiger partial charge in [-0.25, -0.2) is 4.79 Å². The van der Waals surface area contributed by atoms with Crippen molar-refractivity contribution in [2.45, 2.75) is 12.5 Å². The monoisotopic (exact) mass is 521 g/mol. The first-order valence-electron chi connectivity index (χ1n) is 12.2. The molecule has 0 fully saturated rings. The smallest absolute Gasteiger partial charge is 0.328 e. The lowest BCUT2D eigenvalue weighted by molar-refractivity contribution is -0.142. The molecule has 0 saturated heterocycles. The van der Waals surface area contributed by atoms with Gasteiger partial charge < -0.3 is 24.4 Å². The number of carbonyl (C=O) groups is 2. The van der Waals surface area contributed by atoms with Crippen molar-refractivity contribution in [1.82, 2.24) is 24.9 Å². The Morgan fingerprint density at radius 1 is 1.03 bits per heavy atom. The number of amides is 1. The maximum absolute atomic E-state index is 13.6. The first kappa shape index (κ1) is 24.0. The molecule has 0 aliphatic rings. The van der Waals surface area contributed by atoms with Gasteiger partial charge in [0.25, 0.3) is 11.5 Å². The number of hydrogen-bond donors (Lipinski definition) is 3. The third-order valence-electron chi connectivity index (χ3n) is 6.48. The van der Waals surface area contributed by atoms with Gasteiger partial charge >= 0.3 is 5.97 Å². The summed E-state index contributed by atoms with van der Waals surface area (Å²) in [6.07, 6.45) is 1.70. The Kier molecular flexibility index (Phi) is 6.04. The van der Waals surface area contributed by atoms with Crippen molar-refractivity contribution in [2.24, 2.45) is 0 Å². The molecule has 4 aromatic heterocycles. The number of benzene rings is 2. The van der Waals surface area contributed by atoms with Crippen LogP contribution < -0.4 is 10.9 Å². The number of hydrogen-bond acceptors (Lipinski definition) is 6. The molecule has 0 saturated carbocycles. The summed E-state index contributed by atoms with van der Waals surface area (Å²) in [4.78, 5) is 45.9. The van der Waals surface area contributed by atoms with Gasteiger partial charge in [0.15, 0.2) is 11.5 Å². The number of aromatic nitrogens is 4. The zero-order chi connectivity index (χ0) is 26.9. The third kappa shape index (κ3) is 4.48. The highest BCUT2D eigenvalue weighted by Crippen LogP contribution is 2.28. The Bertz CT molecular complexity index is 1830. The molecule has 0 aliphatic carbocycles. The summed E-state index contributed by atoms with van der Waals surface area (Å²) in [6.45, 7) is 0. The second kappa shape index (κ2) is 9.82. The van der Waals surface area contributed by atoms with E-state index in [1.54, 1.807) is 12.1 Å². The number of rotatable bonds is 7. The number of nitrogens with zero attached hydrogens (tertiary/aromatic N) is 2. The van der Waals surface area contributed by atoms with Gasteiger partial charge in [-0.15, -0.1) is 0 Å². The summed E-state index contributed by atoms with van der Waals surface area (Å²) in [5, 5.41) is 7.96. The van der Waals surface area contributed by atoms with Gasteiger partial charge in [-0.3, -0.25) is 9.59 Å². The Morgan fingerprint density at radius 2 is 1.82 bits per heavy atom. The molecule has 1 amide bonds. The number of ether oxygens (including phenoxy) is 1. The summed E-state index contributed by atoms with van der Waals surface area (Å²) < 4.78 is 11.6. The molecular weight excluding hydrogens is 498 g/mol. The number of fused-ring (bicyclic) bond motifs is 2. The highest BCUT2D eigenvalue weighted by atomic mass is 16.5. The standard InChI is InChI=1S/C29H23N5O5/c1-38-29(37)22(15-19-14-18-10-5-6-11-20(18)30-19)31-27(35)21-16-24-32-26(23-12-7-13-39-23)25(28(36)34(24)33-21)17-8-3-2-4-9-17/h2-14,16,22,30,32H,15H2,1H3,(H,31,35). The summed E-state index contributed by atoms with van der Waals surface area (Å²) in [5.41, 5.74) is 2.98. The van der Waals surface area contributed by atoms with Crippen LogP contribution in [0.5, 0.6) is 0 Å². The predicted molar refractivity (Wildman–Crippen MR) is 144 cm³/mol. The van der Waals surface area contributed by atoms with Crippen LogP contribution in [-0.2, 0) is 16.0 Å². The molecule has 0 radical (unpaired) electrons. The molecule has 0 aliphatic heterocycles. The first-order chi connectivity index (χ1) is 19.0. The van der Waals surface area contributed by atoms with Crippen molar-refractivity contribution in [3.63, 3.8) is 0 Å². The van der Waals surface area contributed by atoms with E-state index in [-0.39, 0.29) is 12.1 Å². The van der Waals surface area contributed by atoms with Crippen molar-refractivity contribution in [1.29, 1.82) is 0 Å². The molecule has 194 valence electrons. The maximum Gasteiger partial charge on any atom is 0.328 e. The minimum absolute atomic E-state index is 0.0375. The normalized spacial score (nSPS) is 12.0. The van der Waals surface area contributed by atoms with E-state index in [1.807, 2.05) is 60.7 Å². The number of furan rings is 1.